The van der Waals surface area contributed by atoms with Crippen molar-refractivity contribution >= 4 is 43.6 Å². The van der Waals surface area contributed by atoms with E-state index in [0.717, 1.165) is 33.4 Å². The Morgan fingerprint density at radius 2 is 1.11 bits per heavy atom. The zero-order valence-electron chi connectivity index (χ0n) is 29.2. The van der Waals surface area contributed by atoms with Crippen LogP contribution in [0.2, 0.25) is 0 Å². The van der Waals surface area contributed by atoms with Crippen molar-refractivity contribution in [2.45, 2.75) is 19.3 Å². The number of rotatable bonds is 4. The number of fused-ring (bicyclic) bond motifs is 12. The number of aromatic nitrogens is 6. The molecule has 0 saturated heterocycles. The monoisotopic (exact) mass is 680 g/mol. The van der Waals surface area contributed by atoms with Crippen molar-refractivity contribution in [1.82, 2.24) is 29.1 Å². The number of para-hydroxylation sites is 3. The van der Waals surface area contributed by atoms with Crippen LogP contribution >= 0.6 is 0 Å². The first kappa shape index (κ1) is 29.8. The van der Waals surface area contributed by atoms with E-state index in [0.29, 0.717) is 17.6 Å². The minimum absolute atomic E-state index is 0.291. The summed E-state index contributed by atoms with van der Waals surface area (Å²) in [5.41, 5.74) is 12.3. The van der Waals surface area contributed by atoms with Crippen LogP contribution in [0.1, 0.15) is 25.0 Å². The summed E-state index contributed by atoms with van der Waals surface area (Å²) in [7, 11) is 0. The zero-order valence-corrected chi connectivity index (χ0v) is 29.2. The number of hydrogen-bond acceptors (Lipinski definition) is 4. The molecule has 11 rings (SSSR count). The lowest BCUT2D eigenvalue weighted by atomic mass is 9.80. The second kappa shape index (κ2) is 11.0. The average molecular weight is 681 g/mol. The topological polar surface area (TPSA) is 61.4 Å². The van der Waals surface area contributed by atoms with Crippen LogP contribution in [-0.4, -0.2) is 29.1 Å². The molecule has 0 unspecified atom stereocenters. The van der Waals surface area contributed by atoms with Crippen molar-refractivity contribution < 1.29 is 0 Å². The van der Waals surface area contributed by atoms with Gasteiger partial charge in [0.2, 0.25) is 5.95 Å². The van der Waals surface area contributed by atoms with Gasteiger partial charge in [-0.3, -0.25) is 9.55 Å². The largest absolute Gasteiger partial charge is 0.309 e. The van der Waals surface area contributed by atoms with E-state index in [1.165, 1.54) is 49.3 Å². The minimum Gasteiger partial charge on any atom is -0.309 e. The van der Waals surface area contributed by atoms with E-state index in [1.807, 2.05) is 36.5 Å². The van der Waals surface area contributed by atoms with E-state index in [2.05, 4.69) is 143 Å². The Hall–Kier alpha value is -6.92. The van der Waals surface area contributed by atoms with Crippen LogP contribution in [0, 0.1) is 0 Å². The maximum Gasteiger partial charge on any atom is 0.238 e. The minimum atomic E-state index is -0.291. The molecule has 0 spiro atoms. The van der Waals surface area contributed by atoms with Gasteiger partial charge in [-0.1, -0.05) is 123 Å². The first-order valence-electron chi connectivity index (χ1n) is 18.0. The van der Waals surface area contributed by atoms with Crippen molar-refractivity contribution in [3.8, 4) is 45.5 Å². The molecule has 6 aromatic carbocycles. The standard InChI is InChI=1S/C47H32N6/c1-47(2)35-24-12-9-21-32(35)38-41(47)39-33-22-10-14-26-37(33)53(43(39)40-34-23-11-13-25-36(34)52(42(38)40)31-19-7-4-8-20-31)46-50-44(29-16-5-3-6-17-29)49-45(51-46)30-18-15-27-48-28-30/h3-28H,1-2H3. The molecule has 53 heavy (non-hydrogen) atoms. The Bertz CT molecular complexity index is 3010. The molecule has 0 radical (unpaired) electrons. The van der Waals surface area contributed by atoms with Gasteiger partial charge in [0.25, 0.3) is 0 Å². The van der Waals surface area contributed by atoms with Crippen LogP contribution in [0.4, 0.5) is 0 Å². The number of benzene rings is 6. The third-order valence-electron chi connectivity index (χ3n) is 11.0. The van der Waals surface area contributed by atoms with Gasteiger partial charge in [0.15, 0.2) is 11.6 Å². The van der Waals surface area contributed by atoms with E-state index in [4.69, 9.17) is 15.0 Å². The average Bonchev–Trinajstić information content (AvgIpc) is 3.82. The van der Waals surface area contributed by atoms with E-state index >= 15 is 0 Å². The van der Waals surface area contributed by atoms with Gasteiger partial charge in [-0.05, 0) is 53.1 Å². The van der Waals surface area contributed by atoms with Gasteiger partial charge < -0.3 is 4.57 Å². The number of pyridine rings is 1. The molecule has 0 atom stereocenters. The van der Waals surface area contributed by atoms with E-state index in [1.54, 1.807) is 6.20 Å². The molecule has 6 nitrogen and oxygen atoms in total. The second-order valence-electron chi connectivity index (χ2n) is 14.3. The van der Waals surface area contributed by atoms with Gasteiger partial charge >= 0.3 is 0 Å². The molecule has 0 N–H and O–H groups in total. The molecule has 10 aromatic rings. The van der Waals surface area contributed by atoms with Gasteiger partial charge in [-0.2, -0.15) is 9.97 Å². The molecule has 0 saturated carbocycles. The van der Waals surface area contributed by atoms with Gasteiger partial charge in [0.1, 0.15) is 0 Å². The molecule has 1 aliphatic carbocycles. The summed E-state index contributed by atoms with van der Waals surface area (Å²) in [5, 5.41) is 4.74. The lowest BCUT2D eigenvalue weighted by Gasteiger charge is -2.23. The van der Waals surface area contributed by atoms with Crippen LogP contribution in [0.15, 0.2) is 158 Å². The molecule has 4 aromatic heterocycles. The molecule has 0 amide bonds. The summed E-state index contributed by atoms with van der Waals surface area (Å²) < 4.78 is 4.76. The Morgan fingerprint density at radius 3 is 1.85 bits per heavy atom. The number of hydrogen-bond donors (Lipinski definition) is 0. The Balaban J connectivity index is 1.41. The third kappa shape index (κ3) is 4.14. The molecule has 6 heteroatoms. The van der Waals surface area contributed by atoms with E-state index in [9.17, 15) is 0 Å². The predicted molar refractivity (Wildman–Crippen MR) is 215 cm³/mol. The van der Waals surface area contributed by atoms with Crippen LogP contribution in [-0.2, 0) is 5.41 Å². The van der Waals surface area contributed by atoms with Crippen molar-refractivity contribution in [1.29, 1.82) is 0 Å². The smallest absolute Gasteiger partial charge is 0.238 e. The predicted octanol–water partition coefficient (Wildman–Crippen LogP) is 11.1. The van der Waals surface area contributed by atoms with Crippen molar-refractivity contribution in [2.75, 3.05) is 0 Å². The van der Waals surface area contributed by atoms with Crippen LogP contribution < -0.4 is 0 Å². The van der Waals surface area contributed by atoms with Crippen molar-refractivity contribution in [3.05, 3.63) is 169 Å². The van der Waals surface area contributed by atoms with Crippen molar-refractivity contribution in [2.24, 2.45) is 0 Å². The summed E-state index contributed by atoms with van der Waals surface area (Å²) >= 11 is 0. The lowest BCUT2D eigenvalue weighted by Crippen LogP contribution is -2.15. The van der Waals surface area contributed by atoms with Gasteiger partial charge in [0, 0.05) is 61.7 Å². The summed E-state index contributed by atoms with van der Waals surface area (Å²) in [4.78, 5) is 20.0. The Kier molecular flexibility index (Phi) is 6.20. The maximum absolute atomic E-state index is 5.31. The Morgan fingerprint density at radius 1 is 0.509 bits per heavy atom. The van der Waals surface area contributed by atoms with Crippen LogP contribution in [0.3, 0.4) is 0 Å². The first-order valence-corrected chi connectivity index (χ1v) is 18.0. The van der Waals surface area contributed by atoms with Crippen LogP contribution in [0.5, 0.6) is 0 Å². The first-order chi connectivity index (χ1) is 26.1. The molecule has 4 heterocycles. The molecule has 0 aliphatic heterocycles. The van der Waals surface area contributed by atoms with Gasteiger partial charge in [-0.15, -0.1) is 0 Å². The highest BCUT2D eigenvalue weighted by Crippen LogP contribution is 2.58. The summed E-state index contributed by atoms with van der Waals surface area (Å²) in [5.74, 6) is 1.75. The SMILES string of the molecule is CC1(C)c2ccccc2-c2c1c1c3ccccc3n(-c3nc(-c4ccccc4)nc(-c4cccnc4)n3)c1c1c3ccccc3n(-c3ccccc3)c21. The highest BCUT2D eigenvalue weighted by Gasteiger charge is 2.41. The van der Waals surface area contributed by atoms with E-state index < -0.39 is 0 Å². The fourth-order valence-electron chi connectivity index (χ4n) is 8.82. The lowest BCUT2D eigenvalue weighted by molar-refractivity contribution is 0.667. The fourth-order valence-corrected chi connectivity index (χ4v) is 8.82. The Labute approximate surface area is 305 Å². The summed E-state index contributed by atoms with van der Waals surface area (Å²) in [6.07, 6.45) is 3.59. The third-order valence-corrected chi connectivity index (χ3v) is 11.0. The summed E-state index contributed by atoms with van der Waals surface area (Å²) in [6, 6.07) is 51.3. The molecule has 0 fully saturated rings. The molecule has 1 aliphatic rings. The van der Waals surface area contributed by atoms with E-state index in [-0.39, 0.29) is 5.41 Å². The fraction of sp³-hybridized carbons (Fsp3) is 0.0638. The number of nitrogens with zero attached hydrogens (tertiary/aromatic N) is 6. The zero-order chi connectivity index (χ0) is 35.3. The normalized spacial score (nSPS) is 13.2. The highest BCUT2D eigenvalue weighted by atomic mass is 15.2. The maximum atomic E-state index is 5.31. The van der Waals surface area contributed by atoms with Gasteiger partial charge in [0.05, 0.1) is 22.1 Å². The highest BCUT2D eigenvalue weighted by molar-refractivity contribution is 6.31. The van der Waals surface area contributed by atoms with Crippen LogP contribution in [0.25, 0.3) is 89.2 Å². The summed E-state index contributed by atoms with van der Waals surface area (Å²) in [6.45, 7) is 4.75. The van der Waals surface area contributed by atoms with Gasteiger partial charge in [-0.25, -0.2) is 4.98 Å². The molecular weight excluding hydrogens is 649 g/mol. The molecule has 0 bridgehead atoms. The quantitative estimate of drug-likeness (QED) is 0.186. The molecule has 250 valence electrons. The van der Waals surface area contributed by atoms with Crippen molar-refractivity contribution in [3.63, 3.8) is 0 Å². The second-order valence-corrected chi connectivity index (χ2v) is 14.3. The molecular formula is C47H32N6.